The Kier molecular flexibility index (Phi) is 6.96. The molecule has 120 valence electrons. The molecule has 0 radical (unpaired) electrons. The van der Waals surface area contributed by atoms with Crippen molar-refractivity contribution < 1.29 is 0 Å². The molecule has 0 spiro atoms. The summed E-state index contributed by atoms with van der Waals surface area (Å²) in [7, 11) is 0. The molecular weight excluding hydrogens is 282 g/mol. The van der Waals surface area contributed by atoms with Crippen molar-refractivity contribution in [2.24, 2.45) is 11.8 Å². The topological polar surface area (TPSA) is 55.6 Å². The molecule has 0 aliphatic heterocycles. The van der Waals surface area contributed by atoms with Gasteiger partial charge in [-0.1, -0.05) is 51.8 Å². The highest BCUT2D eigenvalue weighted by molar-refractivity contribution is 7.99. The first kappa shape index (κ1) is 16.7. The SMILES string of the molecule is CCC1CCCCC1Sc1nnnn1CCNCC(C)C. The fraction of sp³-hybridized carbons (Fsp3) is 0.933. The molecule has 5 nitrogen and oxygen atoms in total. The Morgan fingerprint density at radius 3 is 2.90 bits per heavy atom. The number of aromatic nitrogens is 4. The van der Waals surface area contributed by atoms with Crippen molar-refractivity contribution in [3.8, 4) is 0 Å². The molecule has 1 N–H and O–H groups in total. The molecule has 0 aromatic carbocycles. The standard InChI is InChI=1S/C15H29N5S/c1-4-13-7-5-6-8-14(13)21-15-17-18-19-20(15)10-9-16-11-12(2)3/h12-14,16H,4-11H2,1-3H3. The second-order valence-electron chi connectivity index (χ2n) is 6.39. The summed E-state index contributed by atoms with van der Waals surface area (Å²) in [4.78, 5) is 0. The van der Waals surface area contributed by atoms with Gasteiger partial charge in [0.05, 0.1) is 6.54 Å². The lowest BCUT2D eigenvalue weighted by Crippen LogP contribution is -2.25. The van der Waals surface area contributed by atoms with Crippen LogP contribution in [0.2, 0.25) is 0 Å². The van der Waals surface area contributed by atoms with Gasteiger partial charge in [0.1, 0.15) is 0 Å². The van der Waals surface area contributed by atoms with E-state index in [1.54, 1.807) is 0 Å². The minimum Gasteiger partial charge on any atom is -0.315 e. The summed E-state index contributed by atoms with van der Waals surface area (Å²) in [5.41, 5.74) is 0. The normalized spacial score (nSPS) is 22.9. The van der Waals surface area contributed by atoms with E-state index in [-0.39, 0.29) is 0 Å². The van der Waals surface area contributed by atoms with Crippen LogP contribution in [0.1, 0.15) is 52.9 Å². The maximum Gasteiger partial charge on any atom is 0.209 e. The number of nitrogens with one attached hydrogen (secondary N) is 1. The molecule has 0 amide bonds. The third-order valence-corrected chi connectivity index (χ3v) is 5.60. The molecule has 1 aliphatic carbocycles. The Balaban J connectivity index is 1.84. The molecule has 2 rings (SSSR count). The largest absolute Gasteiger partial charge is 0.315 e. The number of hydrogen-bond acceptors (Lipinski definition) is 5. The molecule has 1 heterocycles. The Morgan fingerprint density at radius 1 is 1.33 bits per heavy atom. The van der Waals surface area contributed by atoms with Crippen LogP contribution < -0.4 is 5.32 Å². The van der Waals surface area contributed by atoms with Gasteiger partial charge in [0.25, 0.3) is 0 Å². The van der Waals surface area contributed by atoms with Crippen molar-refractivity contribution in [2.75, 3.05) is 13.1 Å². The highest BCUT2D eigenvalue weighted by Gasteiger charge is 2.26. The summed E-state index contributed by atoms with van der Waals surface area (Å²) in [5.74, 6) is 1.51. The van der Waals surface area contributed by atoms with Gasteiger partial charge in [-0.2, -0.15) is 0 Å². The monoisotopic (exact) mass is 311 g/mol. The molecule has 1 aromatic heterocycles. The lowest BCUT2D eigenvalue weighted by Gasteiger charge is -2.29. The van der Waals surface area contributed by atoms with E-state index in [1.807, 2.05) is 16.4 Å². The highest BCUT2D eigenvalue weighted by Crippen LogP contribution is 2.37. The summed E-state index contributed by atoms with van der Waals surface area (Å²) in [6.07, 6.45) is 6.69. The summed E-state index contributed by atoms with van der Waals surface area (Å²) in [6, 6.07) is 0. The van der Waals surface area contributed by atoms with E-state index >= 15 is 0 Å². The second kappa shape index (κ2) is 8.73. The number of hydrogen-bond donors (Lipinski definition) is 1. The molecule has 0 saturated heterocycles. The molecule has 6 heteroatoms. The van der Waals surface area contributed by atoms with Crippen LogP contribution in [0.3, 0.4) is 0 Å². The molecule has 1 fully saturated rings. The molecular formula is C15H29N5S. The third-order valence-electron chi connectivity index (χ3n) is 4.17. The average molecular weight is 311 g/mol. The first-order chi connectivity index (χ1) is 10.2. The van der Waals surface area contributed by atoms with Gasteiger partial charge in [-0.15, -0.1) is 5.10 Å². The van der Waals surface area contributed by atoms with Gasteiger partial charge in [-0.3, -0.25) is 0 Å². The summed E-state index contributed by atoms with van der Waals surface area (Å²) < 4.78 is 1.96. The van der Waals surface area contributed by atoms with Crippen molar-refractivity contribution >= 4 is 11.8 Å². The summed E-state index contributed by atoms with van der Waals surface area (Å²) in [5, 5.41) is 17.4. The van der Waals surface area contributed by atoms with Gasteiger partial charge in [0.2, 0.25) is 5.16 Å². The molecule has 21 heavy (non-hydrogen) atoms. The van der Waals surface area contributed by atoms with E-state index in [9.17, 15) is 0 Å². The Labute approximate surface area is 132 Å². The third kappa shape index (κ3) is 5.25. The van der Waals surface area contributed by atoms with Crippen molar-refractivity contribution in [3.63, 3.8) is 0 Å². The van der Waals surface area contributed by atoms with Crippen molar-refractivity contribution in [1.82, 2.24) is 25.5 Å². The van der Waals surface area contributed by atoms with Crippen molar-refractivity contribution in [1.29, 1.82) is 0 Å². The van der Waals surface area contributed by atoms with Crippen LogP contribution in [0, 0.1) is 11.8 Å². The fourth-order valence-corrected chi connectivity index (χ4v) is 4.34. The van der Waals surface area contributed by atoms with Gasteiger partial charge in [0.15, 0.2) is 0 Å². The van der Waals surface area contributed by atoms with Crippen LogP contribution in [0.5, 0.6) is 0 Å². The van der Waals surface area contributed by atoms with Crippen LogP contribution in [0.15, 0.2) is 5.16 Å². The van der Waals surface area contributed by atoms with Gasteiger partial charge >= 0.3 is 0 Å². The number of tetrazole rings is 1. The lowest BCUT2D eigenvalue weighted by atomic mass is 9.87. The van der Waals surface area contributed by atoms with Crippen molar-refractivity contribution in [3.05, 3.63) is 0 Å². The second-order valence-corrected chi connectivity index (χ2v) is 7.60. The molecule has 2 atom stereocenters. The van der Waals surface area contributed by atoms with Gasteiger partial charge in [-0.25, -0.2) is 4.68 Å². The fourth-order valence-electron chi connectivity index (χ4n) is 2.93. The van der Waals surface area contributed by atoms with Crippen LogP contribution in [0.4, 0.5) is 0 Å². The smallest absolute Gasteiger partial charge is 0.209 e. The Morgan fingerprint density at radius 2 is 2.14 bits per heavy atom. The molecule has 1 aromatic rings. The quantitative estimate of drug-likeness (QED) is 0.748. The van der Waals surface area contributed by atoms with Crippen LogP contribution >= 0.6 is 11.8 Å². The minimum atomic E-state index is 0.681. The van der Waals surface area contributed by atoms with E-state index < -0.39 is 0 Å². The van der Waals surface area contributed by atoms with E-state index in [0.717, 1.165) is 30.7 Å². The zero-order valence-electron chi connectivity index (χ0n) is 13.6. The predicted molar refractivity (Wildman–Crippen MR) is 87.4 cm³/mol. The Bertz CT molecular complexity index is 407. The number of rotatable bonds is 8. The molecule has 1 saturated carbocycles. The van der Waals surface area contributed by atoms with E-state index in [0.29, 0.717) is 11.2 Å². The van der Waals surface area contributed by atoms with E-state index in [2.05, 4.69) is 41.6 Å². The molecule has 0 bridgehead atoms. The zero-order chi connectivity index (χ0) is 15.1. The van der Waals surface area contributed by atoms with Crippen molar-refractivity contribution in [2.45, 2.75) is 69.8 Å². The van der Waals surface area contributed by atoms with Crippen LogP contribution in [0.25, 0.3) is 0 Å². The first-order valence-electron chi connectivity index (χ1n) is 8.34. The van der Waals surface area contributed by atoms with E-state index in [1.165, 1.54) is 32.1 Å². The van der Waals surface area contributed by atoms with Gasteiger partial charge < -0.3 is 5.32 Å². The highest BCUT2D eigenvalue weighted by atomic mass is 32.2. The van der Waals surface area contributed by atoms with Gasteiger partial charge in [-0.05, 0) is 41.6 Å². The Hall–Kier alpha value is -0.620. The number of nitrogens with zero attached hydrogens (tertiary/aromatic N) is 4. The summed E-state index contributed by atoms with van der Waals surface area (Å²) >= 11 is 1.89. The van der Waals surface area contributed by atoms with E-state index in [4.69, 9.17) is 0 Å². The molecule has 2 unspecified atom stereocenters. The lowest BCUT2D eigenvalue weighted by molar-refractivity contribution is 0.360. The van der Waals surface area contributed by atoms with Crippen LogP contribution in [-0.2, 0) is 6.54 Å². The maximum absolute atomic E-state index is 4.23. The number of thioether (sulfide) groups is 1. The van der Waals surface area contributed by atoms with Gasteiger partial charge in [0, 0.05) is 11.8 Å². The van der Waals surface area contributed by atoms with Crippen LogP contribution in [-0.4, -0.2) is 38.5 Å². The molecule has 1 aliphatic rings. The minimum absolute atomic E-state index is 0.681. The predicted octanol–water partition coefficient (Wildman–Crippen LogP) is 2.98. The average Bonchev–Trinajstić information content (AvgIpc) is 2.91. The first-order valence-corrected chi connectivity index (χ1v) is 9.22. The maximum atomic E-state index is 4.23. The zero-order valence-corrected chi connectivity index (χ0v) is 14.4. The summed E-state index contributed by atoms with van der Waals surface area (Å²) in [6.45, 7) is 9.58.